The van der Waals surface area contributed by atoms with Crippen LogP contribution in [0.2, 0.25) is 5.02 Å². The third-order valence-electron chi connectivity index (χ3n) is 5.51. The number of carbonyl (C=O) groups excluding carboxylic acids is 2. The number of aliphatic hydroxyl groups excluding tert-OH is 1. The number of rotatable bonds is 4. The molecule has 0 spiro atoms. The van der Waals surface area contributed by atoms with Crippen LogP contribution in [0, 0.1) is 13.8 Å². The molecule has 0 bridgehead atoms. The maximum absolute atomic E-state index is 13.2. The van der Waals surface area contributed by atoms with Gasteiger partial charge in [-0.15, -0.1) is 0 Å². The Kier molecular flexibility index (Phi) is 5.72. The molecule has 1 amide bonds. The van der Waals surface area contributed by atoms with E-state index >= 15 is 0 Å². The molecule has 6 nitrogen and oxygen atoms in total. The number of nitrogens with zero attached hydrogens (tertiary/aromatic N) is 2. The minimum Gasteiger partial charge on any atom is -0.507 e. The van der Waals surface area contributed by atoms with E-state index in [1.807, 2.05) is 32.0 Å². The number of aromatic nitrogens is 1. The van der Waals surface area contributed by atoms with Gasteiger partial charge in [0.05, 0.1) is 23.7 Å². The summed E-state index contributed by atoms with van der Waals surface area (Å²) in [6.07, 6.45) is 3.16. The van der Waals surface area contributed by atoms with Crippen molar-refractivity contribution in [3.63, 3.8) is 0 Å². The summed E-state index contributed by atoms with van der Waals surface area (Å²) in [5, 5.41) is 11.5. The summed E-state index contributed by atoms with van der Waals surface area (Å²) >= 11 is 6.33. The van der Waals surface area contributed by atoms with E-state index in [0.717, 1.165) is 11.1 Å². The predicted molar refractivity (Wildman–Crippen MR) is 123 cm³/mol. The van der Waals surface area contributed by atoms with Crippen molar-refractivity contribution in [3.8, 4) is 5.75 Å². The summed E-state index contributed by atoms with van der Waals surface area (Å²) in [4.78, 5) is 31.9. The van der Waals surface area contributed by atoms with E-state index in [1.165, 1.54) is 18.1 Å². The zero-order chi connectivity index (χ0) is 23.0. The van der Waals surface area contributed by atoms with Crippen LogP contribution in [0.5, 0.6) is 5.75 Å². The molecule has 1 unspecified atom stereocenters. The number of halogens is 1. The van der Waals surface area contributed by atoms with Gasteiger partial charge in [0.2, 0.25) is 0 Å². The Labute approximate surface area is 190 Å². The Morgan fingerprint density at radius 2 is 1.78 bits per heavy atom. The first-order chi connectivity index (χ1) is 15.3. The van der Waals surface area contributed by atoms with E-state index in [2.05, 4.69) is 4.98 Å². The van der Waals surface area contributed by atoms with Crippen molar-refractivity contribution >= 4 is 34.7 Å². The Hall–Kier alpha value is -3.64. The third kappa shape index (κ3) is 3.63. The van der Waals surface area contributed by atoms with Gasteiger partial charge in [0, 0.05) is 23.6 Å². The molecular weight excluding hydrogens is 428 g/mol. The van der Waals surface area contributed by atoms with Gasteiger partial charge in [0.25, 0.3) is 11.7 Å². The molecule has 1 N–H and O–H groups in total. The van der Waals surface area contributed by atoms with Crippen molar-refractivity contribution in [2.75, 3.05) is 12.0 Å². The van der Waals surface area contributed by atoms with E-state index < -0.39 is 17.7 Å². The van der Waals surface area contributed by atoms with Crippen molar-refractivity contribution < 1.29 is 19.4 Å². The lowest BCUT2D eigenvalue weighted by atomic mass is 9.95. The number of Topliss-reactive ketones (excluding diaryl/α,β-unsaturated/α-hetero) is 1. The van der Waals surface area contributed by atoms with Crippen molar-refractivity contribution in [1.82, 2.24) is 4.98 Å². The number of hydrogen-bond acceptors (Lipinski definition) is 5. The lowest BCUT2D eigenvalue weighted by Gasteiger charge is -2.27. The molecule has 0 saturated carbocycles. The number of methoxy groups -OCH3 is 1. The summed E-state index contributed by atoms with van der Waals surface area (Å²) in [6, 6.07) is 13.0. The highest BCUT2D eigenvalue weighted by atomic mass is 35.5. The summed E-state index contributed by atoms with van der Waals surface area (Å²) in [5.41, 5.74) is 3.27. The number of ether oxygens (including phenoxy) is 1. The first-order valence-corrected chi connectivity index (χ1v) is 10.3. The van der Waals surface area contributed by atoms with Crippen LogP contribution in [0.15, 0.2) is 66.5 Å². The molecule has 1 aliphatic rings. The lowest BCUT2D eigenvalue weighted by molar-refractivity contribution is -0.132. The first kappa shape index (κ1) is 21.6. The van der Waals surface area contributed by atoms with Crippen LogP contribution >= 0.6 is 11.6 Å². The second kappa shape index (κ2) is 8.48. The molecule has 0 radical (unpaired) electrons. The molecule has 1 aliphatic heterocycles. The SMILES string of the molecule is COc1ccc(Cl)c(/C(O)=C2\C(=O)C(=O)N(c3ccc(C)cc3C)C2c2ccncc2)c1. The molecule has 1 saturated heterocycles. The molecule has 2 aromatic carbocycles. The highest BCUT2D eigenvalue weighted by molar-refractivity contribution is 6.52. The van der Waals surface area contributed by atoms with Gasteiger partial charge in [-0.2, -0.15) is 0 Å². The van der Waals surface area contributed by atoms with Gasteiger partial charge >= 0.3 is 0 Å². The quantitative estimate of drug-likeness (QED) is 0.345. The fourth-order valence-electron chi connectivity index (χ4n) is 3.98. The molecule has 4 rings (SSSR count). The number of carbonyl (C=O) groups is 2. The van der Waals surface area contributed by atoms with Crippen LogP contribution in [-0.4, -0.2) is 28.9 Å². The fourth-order valence-corrected chi connectivity index (χ4v) is 4.18. The molecule has 1 fully saturated rings. The van der Waals surface area contributed by atoms with Crippen LogP contribution in [0.1, 0.15) is 28.3 Å². The molecular formula is C25H21ClN2O4. The monoisotopic (exact) mass is 448 g/mol. The largest absolute Gasteiger partial charge is 0.507 e. The number of hydrogen-bond donors (Lipinski definition) is 1. The molecule has 0 aliphatic carbocycles. The van der Waals surface area contributed by atoms with Crippen LogP contribution in [0.25, 0.3) is 5.76 Å². The predicted octanol–water partition coefficient (Wildman–Crippen LogP) is 4.99. The molecule has 2 heterocycles. The Morgan fingerprint density at radius 3 is 2.44 bits per heavy atom. The van der Waals surface area contributed by atoms with E-state index in [4.69, 9.17) is 16.3 Å². The average molecular weight is 449 g/mol. The number of benzene rings is 2. The molecule has 32 heavy (non-hydrogen) atoms. The summed E-state index contributed by atoms with van der Waals surface area (Å²) in [5.74, 6) is -1.41. The lowest BCUT2D eigenvalue weighted by Crippen LogP contribution is -2.30. The van der Waals surface area contributed by atoms with Gasteiger partial charge in [-0.1, -0.05) is 29.3 Å². The number of aryl methyl sites for hydroxylation is 2. The van der Waals surface area contributed by atoms with Crippen molar-refractivity contribution in [1.29, 1.82) is 0 Å². The number of aliphatic hydroxyl groups is 1. The normalized spacial score (nSPS) is 17.6. The van der Waals surface area contributed by atoms with Crippen LogP contribution in [0.4, 0.5) is 5.69 Å². The van der Waals surface area contributed by atoms with Crippen molar-refractivity contribution in [2.24, 2.45) is 0 Å². The van der Waals surface area contributed by atoms with Crippen molar-refractivity contribution in [3.05, 3.63) is 93.8 Å². The Balaban J connectivity index is 1.99. The van der Waals surface area contributed by atoms with E-state index in [9.17, 15) is 14.7 Å². The molecule has 162 valence electrons. The number of ketones is 1. The molecule has 7 heteroatoms. The highest BCUT2D eigenvalue weighted by Crippen LogP contribution is 2.44. The van der Waals surface area contributed by atoms with Gasteiger partial charge in [-0.3, -0.25) is 19.5 Å². The Bertz CT molecular complexity index is 1250. The zero-order valence-electron chi connectivity index (χ0n) is 17.8. The number of amides is 1. The third-order valence-corrected chi connectivity index (χ3v) is 5.84. The van der Waals surface area contributed by atoms with Gasteiger partial charge in [0.1, 0.15) is 11.5 Å². The van der Waals surface area contributed by atoms with Crippen LogP contribution in [0.3, 0.4) is 0 Å². The first-order valence-electron chi connectivity index (χ1n) is 9.95. The summed E-state index contributed by atoms with van der Waals surface area (Å²) in [6.45, 7) is 3.83. The second-order valence-electron chi connectivity index (χ2n) is 7.59. The molecule has 3 aromatic rings. The minimum atomic E-state index is -0.846. The fraction of sp³-hybridized carbons (Fsp3) is 0.160. The van der Waals surface area contributed by atoms with E-state index in [0.29, 0.717) is 17.0 Å². The summed E-state index contributed by atoms with van der Waals surface area (Å²) in [7, 11) is 1.49. The van der Waals surface area contributed by atoms with E-state index in [-0.39, 0.29) is 21.9 Å². The second-order valence-corrected chi connectivity index (χ2v) is 7.99. The van der Waals surface area contributed by atoms with Crippen LogP contribution < -0.4 is 9.64 Å². The maximum atomic E-state index is 13.2. The van der Waals surface area contributed by atoms with E-state index in [1.54, 1.807) is 36.7 Å². The smallest absolute Gasteiger partial charge is 0.300 e. The maximum Gasteiger partial charge on any atom is 0.300 e. The van der Waals surface area contributed by atoms with Gasteiger partial charge < -0.3 is 9.84 Å². The van der Waals surface area contributed by atoms with Crippen molar-refractivity contribution in [2.45, 2.75) is 19.9 Å². The van der Waals surface area contributed by atoms with Gasteiger partial charge in [-0.05, 0) is 61.4 Å². The molecule has 1 atom stereocenters. The van der Waals surface area contributed by atoms with Crippen LogP contribution in [-0.2, 0) is 9.59 Å². The topological polar surface area (TPSA) is 79.7 Å². The minimum absolute atomic E-state index is 0.0451. The van der Waals surface area contributed by atoms with Gasteiger partial charge in [0.15, 0.2) is 0 Å². The highest BCUT2D eigenvalue weighted by Gasteiger charge is 2.47. The standard InChI is InChI=1S/C25H21ClN2O4/c1-14-4-7-20(15(2)12-14)28-22(16-8-10-27-11-9-16)21(24(30)25(28)31)23(29)18-13-17(32-3)5-6-19(18)26/h4-13,22,29H,1-3H3/b23-21+. The Morgan fingerprint density at radius 1 is 1.06 bits per heavy atom. The number of anilines is 1. The molecule has 1 aromatic heterocycles. The zero-order valence-corrected chi connectivity index (χ0v) is 18.6. The van der Waals surface area contributed by atoms with Gasteiger partial charge in [-0.25, -0.2) is 0 Å². The number of pyridine rings is 1. The average Bonchev–Trinajstić information content (AvgIpc) is 3.05. The summed E-state index contributed by atoms with van der Waals surface area (Å²) < 4.78 is 5.24.